The van der Waals surface area contributed by atoms with Crippen LogP contribution in [0.2, 0.25) is 5.02 Å². The molecule has 7 heteroatoms. The molecule has 0 spiro atoms. The Bertz CT molecular complexity index is 575. The topological polar surface area (TPSA) is 52.9 Å². The predicted molar refractivity (Wildman–Crippen MR) is 73.7 cm³/mol. The van der Waals surface area contributed by atoms with Crippen LogP contribution in [0.3, 0.4) is 0 Å². The minimum absolute atomic E-state index is 0.0520. The van der Waals surface area contributed by atoms with E-state index in [9.17, 15) is 18.0 Å². The summed E-state index contributed by atoms with van der Waals surface area (Å²) in [6, 6.07) is 4.60. The Labute approximate surface area is 125 Å². The second-order valence-electron chi connectivity index (χ2n) is 4.55. The maximum Gasteiger partial charge on any atom is 0.416 e. The van der Waals surface area contributed by atoms with Gasteiger partial charge in [0.25, 0.3) is 0 Å². The van der Waals surface area contributed by atoms with Crippen molar-refractivity contribution in [3.05, 3.63) is 28.8 Å². The molecule has 0 radical (unpaired) electrons. The molecule has 0 atom stereocenters. The number of anilines is 1. The molecule has 21 heavy (non-hydrogen) atoms. The molecule has 0 bridgehead atoms. The van der Waals surface area contributed by atoms with Crippen molar-refractivity contribution in [3.8, 4) is 6.07 Å². The van der Waals surface area contributed by atoms with E-state index in [1.54, 1.807) is 13.8 Å². The van der Waals surface area contributed by atoms with Gasteiger partial charge in [0.1, 0.15) is 5.41 Å². The van der Waals surface area contributed by atoms with E-state index in [1.165, 1.54) is 0 Å². The van der Waals surface area contributed by atoms with Crippen molar-refractivity contribution in [2.45, 2.75) is 32.9 Å². The summed E-state index contributed by atoms with van der Waals surface area (Å²) < 4.78 is 37.6. The van der Waals surface area contributed by atoms with Crippen LogP contribution in [0.4, 0.5) is 18.9 Å². The van der Waals surface area contributed by atoms with E-state index in [2.05, 4.69) is 5.32 Å². The van der Waals surface area contributed by atoms with E-state index in [4.69, 9.17) is 16.9 Å². The Morgan fingerprint density at radius 1 is 1.33 bits per heavy atom. The third kappa shape index (κ3) is 3.67. The van der Waals surface area contributed by atoms with Crippen LogP contribution in [0.1, 0.15) is 32.3 Å². The molecule has 0 heterocycles. The summed E-state index contributed by atoms with van der Waals surface area (Å²) in [6.07, 6.45) is -3.91. The fourth-order valence-electron chi connectivity index (χ4n) is 1.81. The lowest BCUT2D eigenvalue weighted by Crippen LogP contribution is -2.34. The number of nitriles is 1. The minimum Gasteiger partial charge on any atom is -0.323 e. The molecule has 1 amide bonds. The summed E-state index contributed by atoms with van der Waals surface area (Å²) in [7, 11) is 0. The van der Waals surface area contributed by atoms with Gasteiger partial charge >= 0.3 is 6.18 Å². The minimum atomic E-state index is -4.50. The Morgan fingerprint density at radius 3 is 2.29 bits per heavy atom. The van der Waals surface area contributed by atoms with Crippen LogP contribution in [0, 0.1) is 16.7 Å². The van der Waals surface area contributed by atoms with Crippen molar-refractivity contribution in [2.75, 3.05) is 5.32 Å². The molecular formula is C14H14ClF3N2O. The normalized spacial score (nSPS) is 11.9. The van der Waals surface area contributed by atoms with E-state index in [1.807, 2.05) is 6.07 Å². The van der Waals surface area contributed by atoms with Gasteiger partial charge in [0.15, 0.2) is 0 Å². The first-order chi connectivity index (χ1) is 9.70. The van der Waals surface area contributed by atoms with E-state index >= 15 is 0 Å². The highest BCUT2D eigenvalue weighted by atomic mass is 35.5. The number of hydrogen-bond donors (Lipinski definition) is 1. The zero-order chi connectivity index (χ0) is 16.3. The van der Waals surface area contributed by atoms with Gasteiger partial charge in [-0.15, -0.1) is 0 Å². The first-order valence-electron chi connectivity index (χ1n) is 6.29. The van der Waals surface area contributed by atoms with Crippen LogP contribution in [0.5, 0.6) is 0 Å². The first-order valence-corrected chi connectivity index (χ1v) is 6.67. The highest BCUT2D eigenvalue weighted by molar-refractivity contribution is 6.33. The standard InChI is InChI=1S/C14H14ClF3N2O/c1-3-13(4-2,8-19)12(21)20-11-6-5-9(7-10(11)15)14(16,17)18/h5-7H,3-4H2,1-2H3,(H,20,21). The van der Waals surface area contributed by atoms with Crippen LogP contribution >= 0.6 is 11.6 Å². The number of alkyl halides is 3. The molecule has 0 aliphatic rings. The number of halogens is 4. The zero-order valence-electron chi connectivity index (χ0n) is 11.5. The summed E-state index contributed by atoms with van der Waals surface area (Å²) in [6.45, 7) is 3.39. The van der Waals surface area contributed by atoms with Crippen molar-refractivity contribution < 1.29 is 18.0 Å². The molecule has 1 aromatic rings. The number of rotatable bonds is 4. The van der Waals surface area contributed by atoms with E-state index in [0.29, 0.717) is 12.8 Å². The van der Waals surface area contributed by atoms with Crippen molar-refractivity contribution in [2.24, 2.45) is 5.41 Å². The summed E-state index contributed by atoms with van der Waals surface area (Å²) in [5.41, 5.74) is -2.06. The fraction of sp³-hybridized carbons (Fsp3) is 0.429. The second-order valence-corrected chi connectivity index (χ2v) is 4.95. The molecule has 1 rings (SSSR count). The van der Waals surface area contributed by atoms with Crippen molar-refractivity contribution in [3.63, 3.8) is 0 Å². The zero-order valence-corrected chi connectivity index (χ0v) is 12.3. The van der Waals surface area contributed by atoms with Crippen LogP contribution in [-0.2, 0) is 11.0 Å². The number of carbonyl (C=O) groups excluding carboxylic acids is 1. The smallest absolute Gasteiger partial charge is 0.323 e. The lowest BCUT2D eigenvalue weighted by Gasteiger charge is -2.22. The van der Waals surface area contributed by atoms with Crippen LogP contribution in [0.15, 0.2) is 18.2 Å². The third-order valence-corrected chi connectivity index (χ3v) is 3.71. The van der Waals surface area contributed by atoms with Gasteiger partial charge in [-0.05, 0) is 31.0 Å². The Hall–Kier alpha value is -1.74. The maximum atomic E-state index is 12.5. The lowest BCUT2D eigenvalue weighted by molar-refractivity contribution is -0.137. The van der Waals surface area contributed by atoms with Crippen molar-refractivity contribution >= 4 is 23.2 Å². The number of nitrogens with zero attached hydrogens (tertiary/aromatic N) is 1. The molecule has 1 aromatic carbocycles. The average Bonchev–Trinajstić information content (AvgIpc) is 2.42. The molecule has 1 N–H and O–H groups in total. The van der Waals surface area contributed by atoms with Gasteiger partial charge in [-0.3, -0.25) is 4.79 Å². The molecular weight excluding hydrogens is 305 g/mol. The van der Waals surface area contributed by atoms with Gasteiger partial charge in [-0.2, -0.15) is 18.4 Å². The Morgan fingerprint density at radius 2 is 1.90 bits per heavy atom. The number of benzene rings is 1. The van der Waals surface area contributed by atoms with Crippen LogP contribution in [0.25, 0.3) is 0 Å². The highest BCUT2D eigenvalue weighted by Crippen LogP contribution is 2.35. The summed E-state index contributed by atoms with van der Waals surface area (Å²) >= 11 is 5.76. The van der Waals surface area contributed by atoms with E-state index in [-0.39, 0.29) is 10.7 Å². The number of nitrogens with one attached hydrogen (secondary N) is 1. The summed E-state index contributed by atoms with van der Waals surface area (Å²) in [4.78, 5) is 12.1. The van der Waals surface area contributed by atoms with Gasteiger partial charge in [-0.25, -0.2) is 0 Å². The van der Waals surface area contributed by atoms with Gasteiger partial charge in [-0.1, -0.05) is 25.4 Å². The average molecular weight is 319 g/mol. The number of amides is 1. The summed E-state index contributed by atoms with van der Waals surface area (Å²) in [5, 5.41) is 11.3. The predicted octanol–water partition coefficient (Wildman–Crippen LogP) is 4.63. The molecule has 0 saturated carbocycles. The molecule has 0 saturated heterocycles. The Kier molecular flexibility index (Phi) is 5.24. The SMILES string of the molecule is CCC(C#N)(CC)C(=O)Nc1ccc(C(F)(F)F)cc1Cl. The monoisotopic (exact) mass is 318 g/mol. The van der Waals surface area contributed by atoms with Crippen molar-refractivity contribution in [1.82, 2.24) is 0 Å². The molecule has 0 fully saturated rings. The highest BCUT2D eigenvalue weighted by Gasteiger charge is 2.36. The fourth-order valence-corrected chi connectivity index (χ4v) is 2.04. The largest absolute Gasteiger partial charge is 0.416 e. The van der Waals surface area contributed by atoms with Gasteiger partial charge in [0.05, 0.1) is 22.3 Å². The second kappa shape index (κ2) is 6.35. The molecule has 0 aliphatic heterocycles. The van der Waals surface area contributed by atoms with Gasteiger partial charge in [0, 0.05) is 0 Å². The quantitative estimate of drug-likeness (QED) is 0.880. The van der Waals surface area contributed by atoms with E-state index in [0.717, 1.165) is 18.2 Å². The molecule has 0 unspecified atom stereocenters. The number of carbonyl (C=O) groups is 1. The van der Waals surface area contributed by atoms with Crippen molar-refractivity contribution in [1.29, 1.82) is 5.26 Å². The molecule has 3 nitrogen and oxygen atoms in total. The molecule has 0 aromatic heterocycles. The van der Waals surface area contributed by atoms with Crippen LogP contribution < -0.4 is 5.32 Å². The molecule has 0 aliphatic carbocycles. The Balaban J connectivity index is 3.05. The van der Waals surface area contributed by atoms with E-state index < -0.39 is 23.1 Å². The van der Waals surface area contributed by atoms with Gasteiger partial charge < -0.3 is 5.32 Å². The maximum absolute atomic E-state index is 12.5. The summed E-state index contributed by atoms with van der Waals surface area (Å²) in [5.74, 6) is -0.573. The molecule has 114 valence electrons. The number of hydrogen-bond acceptors (Lipinski definition) is 2. The first kappa shape index (κ1) is 17.3. The van der Waals surface area contributed by atoms with Crippen LogP contribution in [-0.4, -0.2) is 5.91 Å². The van der Waals surface area contributed by atoms with Gasteiger partial charge in [0.2, 0.25) is 5.91 Å². The third-order valence-electron chi connectivity index (χ3n) is 3.40. The lowest BCUT2D eigenvalue weighted by atomic mass is 9.83.